The zero-order valence-corrected chi connectivity index (χ0v) is 14.2. The van der Waals surface area contributed by atoms with E-state index in [0.717, 1.165) is 19.4 Å². The van der Waals surface area contributed by atoms with Crippen LogP contribution in [0, 0.1) is 5.41 Å². The number of benzene rings is 1. The largest absolute Gasteiger partial charge is 0.465 e. The fraction of sp³-hybridized carbons (Fsp3) is 0.500. The fourth-order valence-corrected chi connectivity index (χ4v) is 2.99. The van der Waals surface area contributed by atoms with E-state index in [0.29, 0.717) is 25.1 Å². The van der Waals surface area contributed by atoms with E-state index < -0.39 is 17.3 Å². The van der Waals surface area contributed by atoms with Crippen LogP contribution in [0.15, 0.2) is 24.3 Å². The molecule has 3 rings (SSSR count). The van der Waals surface area contributed by atoms with Gasteiger partial charge in [-0.05, 0) is 37.8 Å². The second-order valence-electron chi connectivity index (χ2n) is 6.42. The Morgan fingerprint density at radius 1 is 1.24 bits per heavy atom. The number of anilines is 1. The van der Waals surface area contributed by atoms with E-state index in [2.05, 4.69) is 10.6 Å². The van der Waals surface area contributed by atoms with E-state index in [1.54, 1.807) is 24.3 Å². The van der Waals surface area contributed by atoms with Crippen molar-refractivity contribution in [3.05, 3.63) is 29.8 Å². The van der Waals surface area contributed by atoms with Crippen LogP contribution in [0.2, 0.25) is 0 Å². The molecule has 1 aliphatic heterocycles. The summed E-state index contributed by atoms with van der Waals surface area (Å²) in [5.41, 5.74) is -0.451. The van der Waals surface area contributed by atoms with Crippen LogP contribution in [0.3, 0.4) is 0 Å². The number of rotatable bonds is 6. The van der Waals surface area contributed by atoms with Crippen molar-refractivity contribution >= 4 is 23.5 Å². The molecule has 1 aliphatic carbocycles. The van der Waals surface area contributed by atoms with Gasteiger partial charge in [0.25, 0.3) is 0 Å². The van der Waals surface area contributed by atoms with Crippen LogP contribution in [0.25, 0.3) is 0 Å². The van der Waals surface area contributed by atoms with Gasteiger partial charge in [0.2, 0.25) is 11.8 Å². The Morgan fingerprint density at radius 2 is 2.00 bits per heavy atom. The first-order chi connectivity index (χ1) is 12.1. The van der Waals surface area contributed by atoms with Crippen molar-refractivity contribution in [1.29, 1.82) is 0 Å². The third-order valence-electron chi connectivity index (χ3n) is 4.71. The molecule has 1 saturated heterocycles. The van der Waals surface area contributed by atoms with Crippen LogP contribution in [0.5, 0.6) is 0 Å². The molecule has 25 heavy (non-hydrogen) atoms. The SMILES string of the molecule is COC(=O)c1ccccc1NC(=O)C1(C(=O)NCC2CCCO2)CC1. The molecule has 2 aliphatic rings. The molecule has 7 nitrogen and oxygen atoms in total. The summed E-state index contributed by atoms with van der Waals surface area (Å²) in [7, 11) is 1.28. The molecule has 2 N–H and O–H groups in total. The lowest BCUT2D eigenvalue weighted by molar-refractivity contribution is -0.134. The van der Waals surface area contributed by atoms with Crippen molar-refractivity contribution in [3.63, 3.8) is 0 Å². The van der Waals surface area contributed by atoms with Crippen LogP contribution in [-0.2, 0) is 19.1 Å². The number of ether oxygens (including phenoxy) is 2. The number of esters is 1. The summed E-state index contributed by atoms with van der Waals surface area (Å²) in [4.78, 5) is 36.9. The number of hydrogen-bond donors (Lipinski definition) is 2. The van der Waals surface area contributed by atoms with Crippen LogP contribution in [-0.4, -0.2) is 44.1 Å². The van der Waals surface area contributed by atoms with E-state index in [4.69, 9.17) is 9.47 Å². The smallest absolute Gasteiger partial charge is 0.339 e. The topological polar surface area (TPSA) is 93.7 Å². The molecular formula is C18H22N2O5. The molecule has 2 amide bonds. The molecule has 1 saturated carbocycles. The van der Waals surface area contributed by atoms with Crippen molar-refractivity contribution in [2.24, 2.45) is 5.41 Å². The molecule has 2 fully saturated rings. The van der Waals surface area contributed by atoms with Crippen LogP contribution in [0.1, 0.15) is 36.0 Å². The maximum atomic E-state index is 12.6. The first kappa shape index (κ1) is 17.4. The van der Waals surface area contributed by atoms with Gasteiger partial charge in [-0.3, -0.25) is 9.59 Å². The van der Waals surface area contributed by atoms with Crippen molar-refractivity contribution in [3.8, 4) is 0 Å². The van der Waals surface area contributed by atoms with Gasteiger partial charge < -0.3 is 20.1 Å². The van der Waals surface area contributed by atoms with Crippen molar-refractivity contribution in [2.45, 2.75) is 31.8 Å². The van der Waals surface area contributed by atoms with Gasteiger partial charge in [0.05, 0.1) is 24.5 Å². The van der Waals surface area contributed by atoms with Gasteiger partial charge in [0, 0.05) is 13.2 Å². The molecule has 1 aromatic carbocycles. The van der Waals surface area contributed by atoms with Crippen LogP contribution in [0.4, 0.5) is 5.69 Å². The Bertz CT molecular complexity index is 678. The minimum atomic E-state index is -1.05. The van der Waals surface area contributed by atoms with Crippen LogP contribution >= 0.6 is 0 Å². The number of methoxy groups -OCH3 is 1. The van der Waals surface area contributed by atoms with Gasteiger partial charge in [0.1, 0.15) is 5.41 Å². The van der Waals surface area contributed by atoms with Crippen molar-refractivity contribution in [2.75, 3.05) is 25.6 Å². The summed E-state index contributed by atoms with van der Waals surface area (Å²) in [6.07, 6.45) is 2.94. The highest BCUT2D eigenvalue weighted by Crippen LogP contribution is 2.47. The molecule has 1 unspecified atom stereocenters. The van der Waals surface area contributed by atoms with Gasteiger partial charge >= 0.3 is 5.97 Å². The van der Waals surface area contributed by atoms with Gasteiger partial charge in [-0.15, -0.1) is 0 Å². The highest BCUT2D eigenvalue weighted by atomic mass is 16.5. The normalized spacial score (nSPS) is 20.6. The average molecular weight is 346 g/mol. The minimum absolute atomic E-state index is 0.0304. The number of carbonyl (C=O) groups is 3. The molecule has 0 bridgehead atoms. The van der Waals surface area contributed by atoms with Gasteiger partial charge in [-0.25, -0.2) is 4.79 Å². The van der Waals surface area contributed by atoms with Crippen molar-refractivity contribution < 1.29 is 23.9 Å². The molecular weight excluding hydrogens is 324 g/mol. The Labute approximate surface area is 146 Å². The monoisotopic (exact) mass is 346 g/mol. The molecule has 0 spiro atoms. The van der Waals surface area contributed by atoms with E-state index in [1.807, 2.05) is 0 Å². The maximum Gasteiger partial charge on any atom is 0.339 e. The Hall–Kier alpha value is -2.41. The maximum absolute atomic E-state index is 12.6. The number of hydrogen-bond acceptors (Lipinski definition) is 5. The predicted molar refractivity (Wildman–Crippen MR) is 90.1 cm³/mol. The van der Waals surface area contributed by atoms with Crippen molar-refractivity contribution in [1.82, 2.24) is 5.32 Å². The molecule has 1 atom stereocenters. The van der Waals surface area contributed by atoms with Gasteiger partial charge in [-0.1, -0.05) is 12.1 Å². The number of amides is 2. The fourth-order valence-electron chi connectivity index (χ4n) is 2.99. The summed E-state index contributed by atoms with van der Waals surface area (Å²) in [5.74, 6) is -1.21. The average Bonchev–Trinajstić information content (AvgIpc) is 3.29. The van der Waals surface area contributed by atoms with Crippen LogP contribution < -0.4 is 10.6 Å². The first-order valence-corrected chi connectivity index (χ1v) is 8.45. The quantitative estimate of drug-likeness (QED) is 0.601. The zero-order chi connectivity index (χ0) is 17.9. The zero-order valence-electron chi connectivity index (χ0n) is 14.2. The molecule has 0 radical (unpaired) electrons. The minimum Gasteiger partial charge on any atom is -0.465 e. The molecule has 7 heteroatoms. The Balaban J connectivity index is 1.64. The summed E-state index contributed by atoms with van der Waals surface area (Å²) in [5, 5.41) is 5.53. The summed E-state index contributed by atoms with van der Waals surface area (Å²) < 4.78 is 10.2. The number of para-hydroxylation sites is 1. The second-order valence-corrected chi connectivity index (χ2v) is 6.42. The van der Waals surface area contributed by atoms with E-state index in [-0.39, 0.29) is 17.6 Å². The van der Waals surface area contributed by atoms with E-state index in [9.17, 15) is 14.4 Å². The summed E-state index contributed by atoms with van der Waals surface area (Å²) in [6.45, 7) is 1.14. The van der Waals surface area contributed by atoms with Gasteiger partial charge in [0.15, 0.2) is 0 Å². The number of carbonyl (C=O) groups excluding carboxylic acids is 3. The highest BCUT2D eigenvalue weighted by molar-refractivity contribution is 6.14. The summed E-state index contributed by atoms with van der Waals surface area (Å²) in [6, 6.07) is 6.57. The van der Waals surface area contributed by atoms with E-state index in [1.165, 1.54) is 7.11 Å². The number of nitrogens with one attached hydrogen (secondary N) is 2. The van der Waals surface area contributed by atoms with Gasteiger partial charge in [-0.2, -0.15) is 0 Å². The first-order valence-electron chi connectivity index (χ1n) is 8.45. The third-order valence-corrected chi connectivity index (χ3v) is 4.71. The van der Waals surface area contributed by atoms with E-state index >= 15 is 0 Å². The Morgan fingerprint density at radius 3 is 2.64 bits per heavy atom. The molecule has 0 aromatic heterocycles. The lowest BCUT2D eigenvalue weighted by Crippen LogP contribution is -2.42. The lowest BCUT2D eigenvalue weighted by Gasteiger charge is -2.18. The lowest BCUT2D eigenvalue weighted by atomic mass is 10.0. The predicted octanol–water partition coefficient (Wildman–Crippen LogP) is 1.49. The second kappa shape index (κ2) is 7.23. The Kier molecular flexibility index (Phi) is 5.03. The standard InChI is InChI=1S/C18H22N2O5/c1-24-15(21)13-6-2-3-7-14(13)20-17(23)18(8-9-18)16(22)19-11-12-5-4-10-25-12/h2-3,6-7,12H,4-5,8-11H2,1H3,(H,19,22)(H,20,23). The third kappa shape index (κ3) is 3.66. The molecule has 134 valence electrons. The highest BCUT2D eigenvalue weighted by Gasteiger charge is 2.56. The molecule has 1 heterocycles. The summed E-state index contributed by atoms with van der Waals surface area (Å²) >= 11 is 0. The molecule has 1 aromatic rings.